The van der Waals surface area contributed by atoms with Gasteiger partial charge in [0.05, 0.1) is 6.54 Å². The van der Waals surface area contributed by atoms with Gasteiger partial charge in [-0.3, -0.25) is 9.79 Å². The molecule has 0 radical (unpaired) electrons. The zero-order valence-electron chi connectivity index (χ0n) is 16.2. The molecule has 1 amide bonds. The summed E-state index contributed by atoms with van der Waals surface area (Å²) in [5.41, 5.74) is 1.57. The van der Waals surface area contributed by atoms with E-state index in [9.17, 15) is 4.79 Å². The third-order valence-corrected chi connectivity index (χ3v) is 6.09. The van der Waals surface area contributed by atoms with Gasteiger partial charge in [-0.05, 0) is 56.7 Å². The Balaban J connectivity index is 1.43. The Bertz CT molecular complexity index is 668. The molecule has 2 aliphatic rings. The van der Waals surface area contributed by atoms with Gasteiger partial charge < -0.3 is 16.0 Å². The van der Waals surface area contributed by atoms with Gasteiger partial charge in [0.2, 0.25) is 5.91 Å². The third-order valence-electron chi connectivity index (χ3n) is 5.60. The Morgan fingerprint density at radius 2 is 2.00 bits per heavy atom. The molecule has 2 fully saturated rings. The van der Waals surface area contributed by atoms with Gasteiger partial charge in [-0.15, -0.1) is 0 Å². The number of halogens is 1. The fourth-order valence-corrected chi connectivity index (χ4v) is 3.80. The van der Waals surface area contributed by atoms with Crippen molar-refractivity contribution in [1.29, 1.82) is 0 Å². The van der Waals surface area contributed by atoms with Crippen LogP contribution in [0.5, 0.6) is 0 Å². The Hall–Kier alpha value is -1.56. The molecule has 0 saturated heterocycles. The van der Waals surface area contributed by atoms with Crippen LogP contribution in [-0.2, 0) is 10.2 Å². The van der Waals surface area contributed by atoms with Gasteiger partial charge in [0.1, 0.15) is 0 Å². The second kappa shape index (κ2) is 9.58. The maximum absolute atomic E-state index is 11.8. The van der Waals surface area contributed by atoms with E-state index in [2.05, 4.69) is 63.1 Å². The average molecular weight is 435 g/mol. The molecule has 6 heteroatoms. The van der Waals surface area contributed by atoms with Crippen molar-refractivity contribution in [2.75, 3.05) is 26.2 Å². The van der Waals surface area contributed by atoms with E-state index < -0.39 is 0 Å². The number of hydrogen-bond donors (Lipinski definition) is 3. The smallest absolute Gasteiger partial charge is 0.223 e. The minimum Gasteiger partial charge on any atom is -0.357 e. The van der Waals surface area contributed by atoms with E-state index in [1.807, 2.05) is 0 Å². The highest BCUT2D eigenvalue weighted by molar-refractivity contribution is 9.10. The number of carbonyl (C=O) groups is 1. The fourth-order valence-electron chi connectivity index (χ4n) is 3.40. The normalized spacial score (nSPS) is 18.5. The van der Waals surface area contributed by atoms with Crippen LogP contribution in [0.4, 0.5) is 0 Å². The fraction of sp³-hybridized carbons (Fsp3) is 0.619. The van der Waals surface area contributed by atoms with Crippen LogP contribution in [0.1, 0.15) is 51.0 Å². The Morgan fingerprint density at radius 3 is 2.63 bits per heavy atom. The van der Waals surface area contributed by atoms with Gasteiger partial charge in [-0.25, -0.2) is 0 Å². The predicted octanol–water partition coefficient (Wildman–Crippen LogP) is 3.34. The quantitative estimate of drug-likeness (QED) is 0.317. The van der Waals surface area contributed by atoms with Gasteiger partial charge in [-0.1, -0.05) is 34.5 Å². The number of aliphatic imine (C=N–C) groups is 1. The maximum Gasteiger partial charge on any atom is 0.223 e. The maximum atomic E-state index is 11.8. The highest BCUT2D eigenvalue weighted by Crippen LogP contribution is 2.48. The highest BCUT2D eigenvalue weighted by atomic mass is 79.9. The van der Waals surface area contributed by atoms with Crippen molar-refractivity contribution in [2.24, 2.45) is 10.9 Å². The first-order chi connectivity index (χ1) is 13.1. The molecular weight excluding hydrogens is 404 g/mol. The van der Waals surface area contributed by atoms with Crippen molar-refractivity contribution >= 4 is 27.8 Å². The standard InChI is InChI=1S/C21H31BrN4O/c1-2-23-20(25-13-5-12-24-19(27)16-6-3-7-16)26-15-21(10-11-21)17-8-4-9-18(22)14-17/h4,8-9,14,16H,2-3,5-7,10-13,15H2,1H3,(H,24,27)(H2,23,25,26). The SMILES string of the molecule is CCNC(=NCC1(c2cccc(Br)c2)CC1)NCCCNC(=O)C1CCC1. The summed E-state index contributed by atoms with van der Waals surface area (Å²) in [6.45, 7) is 5.26. The van der Waals surface area contributed by atoms with Crippen LogP contribution < -0.4 is 16.0 Å². The van der Waals surface area contributed by atoms with E-state index in [4.69, 9.17) is 4.99 Å². The molecule has 1 aromatic rings. The topological polar surface area (TPSA) is 65.5 Å². The van der Waals surface area contributed by atoms with Crippen LogP contribution in [0, 0.1) is 5.92 Å². The van der Waals surface area contributed by atoms with Gasteiger partial charge >= 0.3 is 0 Å². The minimum absolute atomic E-state index is 0.197. The summed E-state index contributed by atoms with van der Waals surface area (Å²) < 4.78 is 1.13. The average Bonchev–Trinajstić information content (AvgIpc) is 3.39. The molecule has 2 aliphatic carbocycles. The molecule has 3 rings (SSSR count). The molecule has 27 heavy (non-hydrogen) atoms. The number of amides is 1. The largest absolute Gasteiger partial charge is 0.357 e. The lowest BCUT2D eigenvalue weighted by molar-refractivity contribution is -0.127. The Morgan fingerprint density at radius 1 is 1.22 bits per heavy atom. The molecule has 0 bridgehead atoms. The zero-order chi connectivity index (χ0) is 19.1. The van der Waals surface area contributed by atoms with Gasteiger partial charge in [0.15, 0.2) is 5.96 Å². The lowest BCUT2D eigenvalue weighted by Gasteiger charge is -2.24. The number of nitrogens with one attached hydrogen (secondary N) is 3. The molecule has 0 atom stereocenters. The minimum atomic E-state index is 0.197. The molecule has 3 N–H and O–H groups in total. The first-order valence-electron chi connectivity index (χ1n) is 10.2. The third kappa shape index (κ3) is 5.71. The van der Waals surface area contributed by atoms with Gasteiger partial charge in [0.25, 0.3) is 0 Å². The summed E-state index contributed by atoms with van der Waals surface area (Å²) in [5, 5.41) is 9.76. The van der Waals surface area contributed by atoms with Crippen molar-refractivity contribution in [3.8, 4) is 0 Å². The number of carbonyl (C=O) groups excluding carboxylic acids is 1. The summed E-state index contributed by atoms with van der Waals surface area (Å²) in [6, 6.07) is 8.59. The first-order valence-corrected chi connectivity index (χ1v) is 11.0. The number of guanidine groups is 1. The second-order valence-electron chi connectivity index (χ2n) is 7.69. The molecule has 0 spiro atoms. The van der Waals surface area contributed by atoms with Crippen molar-refractivity contribution in [1.82, 2.24) is 16.0 Å². The molecule has 1 aromatic carbocycles. The lowest BCUT2D eigenvalue weighted by Crippen LogP contribution is -2.40. The predicted molar refractivity (Wildman–Crippen MR) is 114 cm³/mol. The van der Waals surface area contributed by atoms with E-state index in [1.54, 1.807) is 0 Å². The molecular formula is C21H31BrN4O. The molecule has 0 unspecified atom stereocenters. The number of hydrogen-bond acceptors (Lipinski definition) is 2. The van der Waals surface area contributed by atoms with Crippen LogP contribution in [0.15, 0.2) is 33.7 Å². The van der Waals surface area contributed by atoms with E-state index in [-0.39, 0.29) is 17.2 Å². The van der Waals surface area contributed by atoms with E-state index in [0.717, 1.165) is 55.9 Å². The second-order valence-corrected chi connectivity index (χ2v) is 8.60. The van der Waals surface area contributed by atoms with E-state index in [1.165, 1.54) is 24.8 Å². The van der Waals surface area contributed by atoms with Crippen LogP contribution >= 0.6 is 15.9 Å². The number of benzene rings is 1. The molecule has 0 heterocycles. The van der Waals surface area contributed by atoms with Crippen molar-refractivity contribution in [2.45, 2.75) is 50.9 Å². The molecule has 148 valence electrons. The Labute approximate surface area is 170 Å². The molecule has 0 aromatic heterocycles. The zero-order valence-corrected chi connectivity index (χ0v) is 17.8. The van der Waals surface area contributed by atoms with Crippen LogP contribution in [0.2, 0.25) is 0 Å². The first kappa shape index (κ1) is 20.2. The van der Waals surface area contributed by atoms with Gasteiger partial charge in [-0.2, -0.15) is 0 Å². The van der Waals surface area contributed by atoms with Crippen LogP contribution in [0.3, 0.4) is 0 Å². The Kier molecular flexibility index (Phi) is 7.16. The molecule has 2 saturated carbocycles. The van der Waals surface area contributed by atoms with Crippen molar-refractivity contribution in [3.63, 3.8) is 0 Å². The van der Waals surface area contributed by atoms with E-state index in [0.29, 0.717) is 0 Å². The summed E-state index contributed by atoms with van der Waals surface area (Å²) in [6.07, 6.45) is 6.60. The van der Waals surface area contributed by atoms with E-state index >= 15 is 0 Å². The van der Waals surface area contributed by atoms with Crippen LogP contribution in [-0.4, -0.2) is 38.0 Å². The summed E-state index contributed by atoms with van der Waals surface area (Å²) in [7, 11) is 0. The van der Waals surface area contributed by atoms with Gasteiger partial charge in [0, 0.05) is 35.4 Å². The summed E-state index contributed by atoms with van der Waals surface area (Å²) >= 11 is 3.57. The molecule has 5 nitrogen and oxygen atoms in total. The number of rotatable bonds is 9. The molecule has 0 aliphatic heterocycles. The monoisotopic (exact) mass is 434 g/mol. The number of nitrogens with zero attached hydrogens (tertiary/aromatic N) is 1. The summed E-state index contributed by atoms with van der Waals surface area (Å²) in [5.74, 6) is 1.36. The lowest BCUT2D eigenvalue weighted by atomic mass is 9.85. The van der Waals surface area contributed by atoms with Crippen molar-refractivity contribution in [3.05, 3.63) is 34.3 Å². The summed E-state index contributed by atoms with van der Waals surface area (Å²) in [4.78, 5) is 16.7. The van der Waals surface area contributed by atoms with Crippen molar-refractivity contribution < 1.29 is 4.79 Å². The van der Waals surface area contributed by atoms with Crippen LogP contribution in [0.25, 0.3) is 0 Å². The highest BCUT2D eigenvalue weighted by Gasteiger charge is 2.44.